The Balaban J connectivity index is 1.89. The Hall–Kier alpha value is -0.380. The summed E-state index contributed by atoms with van der Waals surface area (Å²) in [5.74, 6) is 0. The van der Waals surface area contributed by atoms with Crippen LogP contribution in [0.15, 0.2) is 6.07 Å². The SMILES string of the molecule is CCCCN(Cc1cc(CNCCC)sc1C)C1CC1. The average Bonchev–Trinajstić information content (AvgIpc) is 3.21. The predicted octanol–water partition coefficient (Wildman–Crippen LogP) is 4.32. The molecular formula is C17H30N2S. The minimum absolute atomic E-state index is 0.877. The van der Waals surface area contributed by atoms with E-state index in [1.807, 2.05) is 11.3 Å². The molecule has 20 heavy (non-hydrogen) atoms. The maximum Gasteiger partial charge on any atom is 0.0299 e. The van der Waals surface area contributed by atoms with Crippen LogP contribution < -0.4 is 5.32 Å². The lowest BCUT2D eigenvalue weighted by Gasteiger charge is -2.21. The topological polar surface area (TPSA) is 15.3 Å². The molecule has 0 aromatic carbocycles. The highest BCUT2D eigenvalue weighted by atomic mass is 32.1. The van der Waals surface area contributed by atoms with E-state index in [1.54, 1.807) is 5.56 Å². The second kappa shape index (κ2) is 8.16. The van der Waals surface area contributed by atoms with Crippen LogP contribution >= 0.6 is 11.3 Å². The van der Waals surface area contributed by atoms with Gasteiger partial charge in [0.05, 0.1) is 0 Å². The number of rotatable bonds is 10. The van der Waals surface area contributed by atoms with Crippen molar-refractivity contribution >= 4 is 11.3 Å². The molecule has 0 atom stereocenters. The number of nitrogens with zero attached hydrogens (tertiary/aromatic N) is 1. The standard InChI is InChI=1S/C17H30N2S/c1-4-6-10-19(16-7-8-16)13-15-11-17(20-14(15)3)12-18-9-5-2/h11,16,18H,4-10,12-13H2,1-3H3. The Morgan fingerprint density at radius 1 is 1.30 bits per heavy atom. The molecule has 1 saturated carbocycles. The van der Waals surface area contributed by atoms with Crippen molar-refractivity contribution in [1.29, 1.82) is 0 Å². The van der Waals surface area contributed by atoms with E-state index in [4.69, 9.17) is 0 Å². The number of thiophene rings is 1. The molecule has 1 aromatic heterocycles. The first-order valence-corrected chi connectivity index (χ1v) is 9.09. The van der Waals surface area contributed by atoms with E-state index >= 15 is 0 Å². The van der Waals surface area contributed by atoms with Crippen molar-refractivity contribution in [3.63, 3.8) is 0 Å². The fourth-order valence-electron chi connectivity index (χ4n) is 2.63. The summed E-state index contributed by atoms with van der Waals surface area (Å²) in [6, 6.07) is 3.31. The molecule has 1 aromatic rings. The predicted molar refractivity (Wildman–Crippen MR) is 89.4 cm³/mol. The molecule has 114 valence electrons. The zero-order valence-electron chi connectivity index (χ0n) is 13.4. The lowest BCUT2D eigenvalue weighted by Crippen LogP contribution is -2.26. The summed E-state index contributed by atoms with van der Waals surface area (Å²) in [7, 11) is 0. The quantitative estimate of drug-likeness (QED) is 0.646. The summed E-state index contributed by atoms with van der Waals surface area (Å²) >= 11 is 1.97. The molecule has 2 nitrogen and oxygen atoms in total. The zero-order chi connectivity index (χ0) is 14.4. The molecule has 0 radical (unpaired) electrons. The van der Waals surface area contributed by atoms with Gasteiger partial charge < -0.3 is 5.32 Å². The van der Waals surface area contributed by atoms with Gasteiger partial charge in [-0.25, -0.2) is 0 Å². The van der Waals surface area contributed by atoms with Crippen molar-refractivity contribution in [2.24, 2.45) is 0 Å². The van der Waals surface area contributed by atoms with Gasteiger partial charge in [-0.05, 0) is 57.3 Å². The minimum Gasteiger partial charge on any atom is -0.312 e. The molecule has 2 rings (SSSR count). The summed E-state index contributed by atoms with van der Waals surface area (Å²) in [5.41, 5.74) is 1.56. The molecule has 1 heterocycles. The molecule has 1 fully saturated rings. The third kappa shape index (κ3) is 4.87. The molecule has 0 saturated heterocycles. The zero-order valence-corrected chi connectivity index (χ0v) is 14.2. The fourth-order valence-corrected chi connectivity index (χ4v) is 3.65. The third-order valence-electron chi connectivity index (χ3n) is 4.03. The highest BCUT2D eigenvalue weighted by molar-refractivity contribution is 7.12. The summed E-state index contributed by atoms with van der Waals surface area (Å²) in [6.07, 6.45) is 6.68. The average molecular weight is 295 g/mol. The lowest BCUT2D eigenvalue weighted by atomic mass is 10.2. The summed E-state index contributed by atoms with van der Waals surface area (Å²) in [6.45, 7) is 11.4. The van der Waals surface area contributed by atoms with Crippen LogP contribution in [0.5, 0.6) is 0 Å². The second-order valence-corrected chi connectivity index (χ2v) is 7.37. The Morgan fingerprint density at radius 2 is 2.10 bits per heavy atom. The van der Waals surface area contributed by atoms with Gasteiger partial charge in [0.2, 0.25) is 0 Å². The van der Waals surface area contributed by atoms with Crippen molar-refractivity contribution in [2.45, 2.75) is 72.0 Å². The van der Waals surface area contributed by atoms with Gasteiger partial charge in [0.25, 0.3) is 0 Å². The van der Waals surface area contributed by atoms with Crippen molar-refractivity contribution in [3.8, 4) is 0 Å². The maximum atomic E-state index is 3.51. The molecule has 0 bridgehead atoms. The van der Waals surface area contributed by atoms with E-state index in [2.05, 4.69) is 37.1 Å². The van der Waals surface area contributed by atoms with E-state index < -0.39 is 0 Å². The van der Waals surface area contributed by atoms with Gasteiger partial charge in [-0.1, -0.05) is 20.3 Å². The molecule has 1 aliphatic carbocycles. The van der Waals surface area contributed by atoms with Crippen molar-refractivity contribution in [3.05, 3.63) is 21.4 Å². The van der Waals surface area contributed by atoms with Gasteiger partial charge >= 0.3 is 0 Å². The molecule has 3 heteroatoms. The first kappa shape index (κ1) is 16.0. The Labute approximate surface area is 128 Å². The van der Waals surface area contributed by atoms with Crippen molar-refractivity contribution in [2.75, 3.05) is 13.1 Å². The fraction of sp³-hybridized carbons (Fsp3) is 0.765. The largest absolute Gasteiger partial charge is 0.312 e. The summed E-state index contributed by atoms with van der Waals surface area (Å²) in [4.78, 5) is 5.72. The van der Waals surface area contributed by atoms with Crippen LogP contribution in [0.2, 0.25) is 0 Å². The molecule has 1 N–H and O–H groups in total. The smallest absolute Gasteiger partial charge is 0.0299 e. The normalized spacial score (nSPS) is 15.2. The van der Waals surface area contributed by atoms with E-state index in [0.29, 0.717) is 0 Å². The number of hydrogen-bond acceptors (Lipinski definition) is 3. The van der Waals surface area contributed by atoms with Crippen molar-refractivity contribution < 1.29 is 0 Å². The van der Waals surface area contributed by atoms with Crippen LogP contribution in [0.4, 0.5) is 0 Å². The molecule has 0 aliphatic heterocycles. The number of unbranched alkanes of at least 4 members (excludes halogenated alkanes) is 1. The van der Waals surface area contributed by atoms with E-state index in [0.717, 1.165) is 19.1 Å². The second-order valence-electron chi connectivity index (χ2n) is 6.03. The van der Waals surface area contributed by atoms with Crippen LogP contribution in [0.25, 0.3) is 0 Å². The van der Waals surface area contributed by atoms with Crippen LogP contribution in [-0.2, 0) is 13.1 Å². The van der Waals surface area contributed by atoms with Crippen LogP contribution in [0.1, 0.15) is 61.3 Å². The molecule has 0 unspecified atom stereocenters. The third-order valence-corrected chi connectivity index (χ3v) is 5.13. The van der Waals surface area contributed by atoms with Crippen molar-refractivity contribution in [1.82, 2.24) is 10.2 Å². The van der Waals surface area contributed by atoms with Gasteiger partial charge in [0, 0.05) is 28.9 Å². The van der Waals surface area contributed by atoms with Crippen LogP contribution in [0, 0.1) is 6.92 Å². The van der Waals surface area contributed by atoms with Crippen LogP contribution in [-0.4, -0.2) is 24.0 Å². The monoisotopic (exact) mass is 294 g/mol. The summed E-state index contributed by atoms with van der Waals surface area (Å²) < 4.78 is 0. The Morgan fingerprint density at radius 3 is 2.75 bits per heavy atom. The molecule has 0 amide bonds. The minimum atomic E-state index is 0.877. The van der Waals surface area contributed by atoms with E-state index in [-0.39, 0.29) is 0 Å². The van der Waals surface area contributed by atoms with Gasteiger partial charge in [-0.2, -0.15) is 0 Å². The van der Waals surface area contributed by atoms with Gasteiger partial charge in [0.1, 0.15) is 0 Å². The first-order valence-electron chi connectivity index (χ1n) is 8.27. The van der Waals surface area contributed by atoms with E-state index in [9.17, 15) is 0 Å². The van der Waals surface area contributed by atoms with Gasteiger partial charge in [0.15, 0.2) is 0 Å². The lowest BCUT2D eigenvalue weighted by molar-refractivity contribution is 0.250. The Bertz CT molecular complexity index is 396. The number of aryl methyl sites for hydroxylation is 1. The van der Waals surface area contributed by atoms with E-state index in [1.165, 1.54) is 54.9 Å². The molecular weight excluding hydrogens is 264 g/mol. The first-order chi connectivity index (χ1) is 9.74. The van der Waals surface area contributed by atoms with Gasteiger partial charge in [-0.3, -0.25) is 4.90 Å². The highest BCUT2D eigenvalue weighted by Gasteiger charge is 2.28. The molecule has 0 spiro atoms. The maximum absolute atomic E-state index is 3.51. The summed E-state index contributed by atoms with van der Waals surface area (Å²) in [5, 5.41) is 3.51. The van der Waals surface area contributed by atoms with Gasteiger partial charge in [-0.15, -0.1) is 11.3 Å². The molecule has 1 aliphatic rings. The van der Waals surface area contributed by atoms with Crippen LogP contribution in [0.3, 0.4) is 0 Å². The number of hydrogen-bond donors (Lipinski definition) is 1. The Kier molecular flexibility index (Phi) is 6.53. The highest BCUT2D eigenvalue weighted by Crippen LogP contribution is 2.31. The number of nitrogens with one attached hydrogen (secondary N) is 1.